The predicted molar refractivity (Wildman–Crippen MR) is 124 cm³/mol. The molecule has 7 nitrogen and oxygen atoms in total. The van der Waals surface area contributed by atoms with E-state index < -0.39 is 23.9 Å². The van der Waals surface area contributed by atoms with Crippen LogP contribution in [-0.2, 0) is 11.3 Å². The van der Waals surface area contributed by atoms with Gasteiger partial charge in [-0.1, -0.05) is 41.9 Å². The van der Waals surface area contributed by atoms with Crippen LogP contribution in [0.2, 0.25) is 5.02 Å². The van der Waals surface area contributed by atoms with E-state index in [9.17, 15) is 18.4 Å². The number of aromatic nitrogens is 3. The molecule has 11 heteroatoms. The molecule has 2 amide bonds. The van der Waals surface area contributed by atoms with Gasteiger partial charge in [0.1, 0.15) is 15.4 Å². The van der Waals surface area contributed by atoms with Crippen LogP contribution in [0.25, 0.3) is 21.3 Å². The highest BCUT2D eigenvalue weighted by molar-refractivity contribution is 7.21. The number of alkyl halides is 2. The predicted octanol–water partition coefficient (Wildman–Crippen LogP) is 5.19. The van der Waals surface area contributed by atoms with Gasteiger partial charge in [-0.3, -0.25) is 14.3 Å². The zero-order valence-electron chi connectivity index (χ0n) is 17.3. The first-order valence-corrected chi connectivity index (χ1v) is 11.0. The highest BCUT2D eigenvalue weighted by Crippen LogP contribution is 2.42. The molecule has 0 saturated heterocycles. The smallest absolute Gasteiger partial charge is 0.280 e. The summed E-state index contributed by atoms with van der Waals surface area (Å²) in [6.07, 6.45) is -1.28. The molecule has 3 heterocycles. The van der Waals surface area contributed by atoms with Gasteiger partial charge in [0.05, 0.1) is 29.1 Å². The summed E-state index contributed by atoms with van der Waals surface area (Å²) < 4.78 is 28.6. The van der Waals surface area contributed by atoms with Gasteiger partial charge < -0.3 is 11.1 Å². The van der Waals surface area contributed by atoms with Gasteiger partial charge in [-0.15, -0.1) is 11.3 Å². The fourth-order valence-electron chi connectivity index (χ4n) is 3.43. The maximum absolute atomic E-state index is 13.5. The van der Waals surface area contributed by atoms with Gasteiger partial charge in [-0.25, -0.2) is 13.8 Å². The molecule has 3 N–H and O–H groups in total. The lowest BCUT2D eigenvalue weighted by Gasteiger charge is -2.11. The minimum Gasteiger partial charge on any atom is -0.365 e. The summed E-state index contributed by atoms with van der Waals surface area (Å²) in [7, 11) is 0. The van der Waals surface area contributed by atoms with Crippen molar-refractivity contribution in [3.63, 3.8) is 0 Å². The summed E-state index contributed by atoms with van der Waals surface area (Å²) in [6, 6.07) is 10.1. The molecule has 0 fully saturated rings. The highest BCUT2D eigenvalue weighted by Gasteiger charge is 2.25. The number of halogens is 3. The molecule has 4 aromatic rings. The summed E-state index contributed by atoms with van der Waals surface area (Å²) in [5.74, 6) is -1.19. The van der Waals surface area contributed by atoms with Crippen LogP contribution >= 0.6 is 22.9 Å². The fourth-order valence-corrected chi connectivity index (χ4v) is 4.58. The van der Waals surface area contributed by atoms with Crippen LogP contribution in [0.3, 0.4) is 0 Å². The zero-order valence-corrected chi connectivity index (χ0v) is 18.9. The van der Waals surface area contributed by atoms with Crippen LogP contribution in [0.4, 0.5) is 14.5 Å². The second-order valence-corrected chi connectivity index (χ2v) is 8.62. The number of benzene rings is 1. The van der Waals surface area contributed by atoms with E-state index in [1.807, 2.05) is 0 Å². The minimum atomic E-state index is -2.81. The van der Waals surface area contributed by atoms with Crippen molar-refractivity contribution < 1.29 is 18.4 Å². The maximum atomic E-state index is 13.5. The average molecular weight is 490 g/mol. The number of primary amides is 1. The number of carbonyl (C=O) groups excluding carboxylic acids is 2. The molecule has 0 spiro atoms. The Balaban J connectivity index is 1.77. The molecule has 3 aromatic heterocycles. The number of pyridine rings is 1. The third-order valence-corrected chi connectivity index (χ3v) is 6.54. The van der Waals surface area contributed by atoms with Crippen LogP contribution in [-0.4, -0.2) is 26.6 Å². The van der Waals surface area contributed by atoms with Crippen LogP contribution in [0.15, 0.2) is 42.6 Å². The molecule has 0 saturated carbocycles. The van der Waals surface area contributed by atoms with Crippen molar-refractivity contribution in [2.45, 2.75) is 26.3 Å². The normalized spacial score (nSPS) is 11.3. The average Bonchev–Trinajstić information content (AvgIpc) is 3.32. The van der Waals surface area contributed by atoms with Crippen molar-refractivity contribution in [3.8, 4) is 11.1 Å². The van der Waals surface area contributed by atoms with Gasteiger partial charge in [0.2, 0.25) is 5.91 Å². The number of carbonyl (C=O) groups is 2. The molecule has 0 aliphatic heterocycles. The molecule has 0 aliphatic carbocycles. The Morgan fingerprint density at radius 1 is 1.27 bits per heavy atom. The fraction of sp³-hybridized carbons (Fsp3) is 0.182. The lowest BCUT2D eigenvalue weighted by molar-refractivity contribution is -0.116. The number of rotatable bonds is 7. The van der Waals surface area contributed by atoms with Crippen molar-refractivity contribution in [1.29, 1.82) is 0 Å². The first-order chi connectivity index (χ1) is 15.8. The molecular formula is C22H18ClF2N5O2S. The Bertz CT molecular complexity index is 1350. The number of fused-ring (bicyclic) bond motifs is 1. The Morgan fingerprint density at radius 3 is 2.61 bits per heavy atom. The third kappa shape index (κ3) is 4.57. The number of hydrogen-bond donors (Lipinski definition) is 2. The molecule has 170 valence electrons. The lowest BCUT2D eigenvalue weighted by Crippen LogP contribution is -2.18. The van der Waals surface area contributed by atoms with Gasteiger partial charge in [0.25, 0.3) is 12.3 Å². The molecule has 0 aliphatic rings. The molecule has 0 atom stereocenters. The highest BCUT2D eigenvalue weighted by atomic mass is 35.5. The second kappa shape index (κ2) is 9.24. The van der Waals surface area contributed by atoms with Crippen LogP contribution in [0.1, 0.15) is 33.9 Å². The molecule has 33 heavy (non-hydrogen) atoms. The van der Waals surface area contributed by atoms with E-state index in [-0.39, 0.29) is 28.4 Å². The van der Waals surface area contributed by atoms with Crippen LogP contribution < -0.4 is 11.1 Å². The summed E-state index contributed by atoms with van der Waals surface area (Å²) >= 11 is 6.86. The van der Waals surface area contributed by atoms with Gasteiger partial charge >= 0.3 is 0 Å². The standard InChI is InChI=1S/C22H18ClF2N5O2S/c1-11-14(23)10-27-30(11)8-7-16(31)29-18-17-13(12-5-3-2-4-6-12)9-15(20(24)25)28-22(17)33-19(18)21(26)32/h2-6,9-10,20H,7-8H2,1H3,(H2,26,32)(H,29,31). The van der Waals surface area contributed by atoms with E-state index in [0.29, 0.717) is 21.5 Å². The SMILES string of the molecule is Cc1c(Cl)cnn1CCC(=O)Nc1c(C(N)=O)sc2nc(C(F)F)cc(-c3ccccc3)c12. The van der Waals surface area contributed by atoms with Crippen molar-refractivity contribution in [2.24, 2.45) is 5.73 Å². The van der Waals surface area contributed by atoms with Crippen LogP contribution in [0, 0.1) is 6.92 Å². The first-order valence-electron chi connectivity index (χ1n) is 9.84. The monoisotopic (exact) mass is 489 g/mol. The number of nitrogens with zero attached hydrogens (tertiary/aromatic N) is 3. The van der Waals surface area contributed by atoms with Gasteiger partial charge in [-0.2, -0.15) is 5.10 Å². The van der Waals surface area contributed by atoms with Crippen molar-refractivity contribution >= 4 is 50.7 Å². The number of aryl methyl sites for hydroxylation is 1. The summed E-state index contributed by atoms with van der Waals surface area (Å²) in [5, 5.41) is 7.73. The van der Waals surface area contributed by atoms with Gasteiger partial charge in [-0.05, 0) is 24.1 Å². The summed E-state index contributed by atoms with van der Waals surface area (Å²) in [6.45, 7) is 2.04. The number of hydrogen-bond acceptors (Lipinski definition) is 5. The molecular weight excluding hydrogens is 472 g/mol. The second-order valence-electron chi connectivity index (χ2n) is 7.21. The number of thiophene rings is 1. The number of nitrogens with two attached hydrogens (primary N) is 1. The van der Waals surface area contributed by atoms with Crippen LogP contribution in [0.5, 0.6) is 0 Å². The topological polar surface area (TPSA) is 103 Å². The Hall–Kier alpha value is -3.37. The lowest BCUT2D eigenvalue weighted by atomic mass is 10.0. The van der Waals surface area contributed by atoms with E-state index in [1.54, 1.807) is 41.9 Å². The quantitative estimate of drug-likeness (QED) is 0.373. The number of anilines is 1. The molecule has 0 unspecified atom stereocenters. The number of nitrogens with one attached hydrogen (secondary N) is 1. The maximum Gasteiger partial charge on any atom is 0.280 e. The largest absolute Gasteiger partial charge is 0.365 e. The molecule has 1 aromatic carbocycles. The number of amides is 2. The Kier molecular flexibility index (Phi) is 6.39. The van der Waals surface area contributed by atoms with E-state index in [4.69, 9.17) is 17.3 Å². The van der Waals surface area contributed by atoms with Crippen molar-refractivity contribution in [3.05, 3.63) is 63.9 Å². The van der Waals surface area contributed by atoms with Crippen molar-refractivity contribution in [2.75, 3.05) is 5.32 Å². The van der Waals surface area contributed by atoms with Gasteiger partial charge in [0, 0.05) is 11.8 Å². The van der Waals surface area contributed by atoms with E-state index in [1.165, 1.54) is 12.3 Å². The first kappa shape index (κ1) is 22.8. The van der Waals surface area contributed by atoms with Crippen molar-refractivity contribution in [1.82, 2.24) is 14.8 Å². The summed E-state index contributed by atoms with van der Waals surface area (Å²) in [4.78, 5) is 29.2. The molecule has 0 bridgehead atoms. The third-order valence-electron chi connectivity index (χ3n) is 5.07. The minimum absolute atomic E-state index is 0.0350. The Morgan fingerprint density at radius 2 is 2.00 bits per heavy atom. The van der Waals surface area contributed by atoms with E-state index in [0.717, 1.165) is 17.0 Å². The van der Waals surface area contributed by atoms with E-state index in [2.05, 4.69) is 15.4 Å². The Labute approximate surface area is 196 Å². The zero-order chi connectivity index (χ0) is 23.7. The van der Waals surface area contributed by atoms with Gasteiger partial charge in [0.15, 0.2) is 0 Å². The summed E-state index contributed by atoms with van der Waals surface area (Å²) in [5.41, 5.74) is 7.06. The van der Waals surface area contributed by atoms with E-state index >= 15 is 0 Å². The molecule has 4 rings (SSSR count). The molecule has 0 radical (unpaired) electrons.